The molecule has 0 spiro atoms. The molecule has 0 aromatic rings. The third-order valence-electron chi connectivity index (χ3n) is 2.33. The summed E-state index contributed by atoms with van der Waals surface area (Å²) >= 11 is 0. The van der Waals surface area contributed by atoms with Crippen molar-refractivity contribution in [2.75, 3.05) is 6.54 Å². The van der Waals surface area contributed by atoms with E-state index in [-0.39, 0.29) is 17.9 Å². The van der Waals surface area contributed by atoms with E-state index >= 15 is 0 Å². The predicted octanol–water partition coefficient (Wildman–Crippen LogP) is -0.426. The summed E-state index contributed by atoms with van der Waals surface area (Å²) in [6, 6.07) is -0.626. The van der Waals surface area contributed by atoms with Crippen LogP contribution in [0.5, 0.6) is 0 Å². The van der Waals surface area contributed by atoms with Gasteiger partial charge in [0.1, 0.15) is 6.04 Å². The van der Waals surface area contributed by atoms with Gasteiger partial charge < -0.3 is 10.4 Å². The SMILES string of the molecule is CC(C)C(NC1CNC(=O)C1)C(=O)O. The second-order valence-electron chi connectivity index (χ2n) is 3.93. The van der Waals surface area contributed by atoms with Crippen molar-refractivity contribution in [3.63, 3.8) is 0 Å². The lowest BCUT2D eigenvalue weighted by atomic mass is 10.0. The molecule has 1 rings (SSSR count). The Kier molecular flexibility index (Phi) is 3.46. The van der Waals surface area contributed by atoms with Crippen molar-refractivity contribution in [2.45, 2.75) is 32.4 Å². The van der Waals surface area contributed by atoms with Crippen LogP contribution in [0.3, 0.4) is 0 Å². The highest BCUT2D eigenvalue weighted by Crippen LogP contribution is 2.07. The highest BCUT2D eigenvalue weighted by molar-refractivity contribution is 5.79. The lowest BCUT2D eigenvalue weighted by molar-refractivity contribution is -0.141. The van der Waals surface area contributed by atoms with E-state index in [9.17, 15) is 9.59 Å². The van der Waals surface area contributed by atoms with Crippen molar-refractivity contribution in [3.8, 4) is 0 Å². The monoisotopic (exact) mass is 200 g/mol. The average Bonchev–Trinajstić information content (AvgIpc) is 2.46. The van der Waals surface area contributed by atoms with E-state index in [0.29, 0.717) is 13.0 Å². The molecule has 0 aliphatic carbocycles. The van der Waals surface area contributed by atoms with Crippen LogP contribution in [0.2, 0.25) is 0 Å². The molecule has 80 valence electrons. The molecule has 3 N–H and O–H groups in total. The van der Waals surface area contributed by atoms with Crippen LogP contribution in [0, 0.1) is 5.92 Å². The molecule has 0 aromatic carbocycles. The van der Waals surface area contributed by atoms with Crippen molar-refractivity contribution in [3.05, 3.63) is 0 Å². The Labute approximate surface area is 82.9 Å². The van der Waals surface area contributed by atoms with E-state index in [0.717, 1.165) is 0 Å². The highest BCUT2D eigenvalue weighted by atomic mass is 16.4. The van der Waals surface area contributed by atoms with E-state index in [1.165, 1.54) is 0 Å². The first-order valence-corrected chi connectivity index (χ1v) is 4.76. The van der Waals surface area contributed by atoms with E-state index < -0.39 is 12.0 Å². The number of nitrogens with one attached hydrogen (secondary N) is 2. The minimum atomic E-state index is -0.862. The van der Waals surface area contributed by atoms with Crippen molar-refractivity contribution in [1.29, 1.82) is 0 Å². The summed E-state index contributed by atoms with van der Waals surface area (Å²) in [5, 5.41) is 14.5. The second-order valence-corrected chi connectivity index (χ2v) is 3.93. The molecule has 2 unspecified atom stereocenters. The number of hydrogen-bond acceptors (Lipinski definition) is 3. The van der Waals surface area contributed by atoms with Crippen LogP contribution in [-0.2, 0) is 9.59 Å². The third-order valence-corrected chi connectivity index (χ3v) is 2.33. The standard InChI is InChI=1S/C9H16N2O3/c1-5(2)8(9(13)14)11-6-3-7(12)10-4-6/h5-6,8,11H,3-4H2,1-2H3,(H,10,12)(H,13,14). The molecule has 2 atom stereocenters. The fourth-order valence-corrected chi connectivity index (χ4v) is 1.53. The van der Waals surface area contributed by atoms with E-state index in [4.69, 9.17) is 5.11 Å². The zero-order valence-electron chi connectivity index (χ0n) is 8.41. The van der Waals surface area contributed by atoms with Gasteiger partial charge in [-0.15, -0.1) is 0 Å². The molecule has 1 saturated heterocycles. The number of carbonyl (C=O) groups is 2. The molecule has 1 amide bonds. The zero-order chi connectivity index (χ0) is 10.7. The minimum Gasteiger partial charge on any atom is -0.480 e. The fraction of sp³-hybridized carbons (Fsp3) is 0.778. The van der Waals surface area contributed by atoms with Gasteiger partial charge in [-0.3, -0.25) is 14.9 Å². The normalized spacial score (nSPS) is 23.6. The quantitative estimate of drug-likeness (QED) is 0.575. The van der Waals surface area contributed by atoms with Crippen LogP contribution in [0.15, 0.2) is 0 Å². The molecule has 5 nitrogen and oxygen atoms in total. The van der Waals surface area contributed by atoms with Crippen LogP contribution in [0.25, 0.3) is 0 Å². The smallest absolute Gasteiger partial charge is 0.320 e. The topological polar surface area (TPSA) is 78.4 Å². The van der Waals surface area contributed by atoms with Crippen molar-refractivity contribution in [2.24, 2.45) is 5.92 Å². The second kappa shape index (κ2) is 4.41. The molecule has 0 saturated carbocycles. The predicted molar refractivity (Wildman–Crippen MR) is 50.8 cm³/mol. The Hall–Kier alpha value is -1.10. The van der Waals surface area contributed by atoms with Crippen LogP contribution in [0.4, 0.5) is 0 Å². The fourth-order valence-electron chi connectivity index (χ4n) is 1.53. The molecule has 1 fully saturated rings. The van der Waals surface area contributed by atoms with Gasteiger partial charge in [0.15, 0.2) is 0 Å². The molecule has 1 aliphatic rings. The molecule has 0 radical (unpaired) electrons. The zero-order valence-corrected chi connectivity index (χ0v) is 8.41. The Balaban J connectivity index is 2.48. The van der Waals surface area contributed by atoms with Crippen molar-refractivity contribution >= 4 is 11.9 Å². The molecule has 1 aliphatic heterocycles. The Morgan fingerprint density at radius 3 is 2.64 bits per heavy atom. The summed E-state index contributed by atoms with van der Waals surface area (Å²) in [5.74, 6) is -0.863. The van der Waals surface area contributed by atoms with Gasteiger partial charge in [0.25, 0.3) is 0 Å². The molecule has 14 heavy (non-hydrogen) atoms. The van der Waals surface area contributed by atoms with Crippen LogP contribution in [0.1, 0.15) is 20.3 Å². The first kappa shape index (κ1) is 11.0. The van der Waals surface area contributed by atoms with Crippen molar-refractivity contribution in [1.82, 2.24) is 10.6 Å². The van der Waals surface area contributed by atoms with Gasteiger partial charge in [-0.25, -0.2) is 0 Å². The number of carbonyl (C=O) groups excluding carboxylic acids is 1. The van der Waals surface area contributed by atoms with Gasteiger partial charge in [0.2, 0.25) is 5.91 Å². The number of hydrogen-bond donors (Lipinski definition) is 3. The molecular formula is C9H16N2O3. The molecule has 5 heteroatoms. The average molecular weight is 200 g/mol. The number of amides is 1. The van der Waals surface area contributed by atoms with Crippen molar-refractivity contribution < 1.29 is 14.7 Å². The highest BCUT2D eigenvalue weighted by Gasteiger charge is 2.28. The van der Waals surface area contributed by atoms with Gasteiger partial charge in [0, 0.05) is 19.0 Å². The lowest BCUT2D eigenvalue weighted by Gasteiger charge is -2.21. The van der Waals surface area contributed by atoms with Crippen LogP contribution < -0.4 is 10.6 Å². The molecular weight excluding hydrogens is 184 g/mol. The molecule has 0 bridgehead atoms. The maximum atomic E-state index is 10.9. The number of aliphatic carboxylic acids is 1. The Morgan fingerprint density at radius 1 is 1.64 bits per heavy atom. The van der Waals surface area contributed by atoms with E-state index in [1.807, 2.05) is 13.8 Å². The first-order chi connectivity index (χ1) is 6.50. The van der Waals surface area contributed by atoms with Crippen LogP contribution in [-0.4, -0.2) is 35.6 Å². The molecule has 1 heterocycles. The maximum Gasteiger partial charge on any atom is 0.320 e. The summed E-state index contributed by atoms with van der Waals surface area (Å²) in [6.07, 6.45) is 0.372. The summed E-state index contributed by atoms with van der Waals surface area (Å²) in [5.41, 5.74) is 0. The molecule has 0 aromatic heterocycles. The van der Waals surface area contributed by atoms with E-state index in [1.54, 1.807) is 0 Å². The largest absolute Gasteiger partial charge is 0.480 e. The Morgan fingerprint density at radius 2 is 2.29 bits per heavy atom. The lowest BCUT2D eigenvalue weighted by Crippen LogP contribution is -2.47. The third kappa shape index (κ3) is 2.70. The Bertz CT molecular complexity index is 240. The van der Waals surface area contributed by atoms with Gasteiger partial charge in [-0.1, -0.05) is 13.8 Å². The summed E-state index contributed by atoms with van der Waals surface area (Å²) in [6.45, 7) is 4.21. The number of rotatable bonds is 4. The maximum absolute atomic E-state index is 10.9. The van der Waals surface area contributed by atoms with Gasteiger partial charge >= 0.3 is 5.97 Å². The number of carboxylic acids is 1. The minimum absolute atomic E-state index is 0.0169. The summed E-state index contributed by atoms with van der Waals surface area (Å²) in [7, 11) is 0. The number of carboxylic acid groups (broad SMARTS) is 1. The van der Waals surface area contributed by atoms with Gasteiger partial charge in [-0.2, -0.15) is 0 Å². The summed E-state index contributed by atoms with van der Waals surface area (Å²) < 4.78 is 0. The van der Waals surface area contributed by atoms with E-state index in [2.05, 4.69) is 10.6 Å². The summed E-state index contributed by atoms with van der Waals surface area (Å²) in [4.78, 5) is 21.7. The van der Waals surface area contributed by atoms with Gasteiger partial charge in [-0.05, 0) is 5.92 Å². The van der Waals surface area contributed by atoms with Crippen LogP contribution >= 0.6 is 0 Å². The van der Waals surface area contributed by atoms with Gasteiger partial charge in [0.05, 0.1) is 0 Å². The first-order valence-electron chi connectivity index (χ1n) is 4.76.